The lowest BCUT2D eigenvalue weighted by molar-refractivity contribution is -0.123. The van der Waals surface area contributed by atoms with E-state index in [1.807, 2.05) is 24.3 Å². The first-order valence-corrected chi connectivity index (χ1v) is 10.2. The molecule has 0 aromatic heterocycles. The van der Waals surface area contributed by atoms with Crippen LogP contribution in [0.3, 0.4) is 0 Å². The van der Waals surface area contributed by atoms with Crippen LogP contribution in [0.25, 0.3) is 0 Å². The van der Waals surface area contributed by atoms with Crippen LogP contribution in [0.4, 0.5) is 0 Å². The largest absolute Gasteiger partial charge is 0.484 e. The molecule has 0 radical (unpaired) electrons. The van der Waals surface area contributed by atoms with Gasteiger partial charge in [0.05, 0.1) is 0 Å². The fourth-order valence-corrected chi connectivity index (χ4v) is 3.34. The van der Waals surface area contributed by atoms with Crippen molar-refractivity contribution in [1.29, 1.82) is 0 Å². The van der Waals surface area contributed by atoms with Gasteiger partial charge in [0, 0.05) is 19.0 Å². The van der Waals surface area contributed by atoms with Crippen molar-refractivity contribution in [1.82, 2.24) is 16.0 Å². The Bertz CT molecular complexity index is 614. The summed E-state index contributed by atoms with van der Waals surface area (Å²) in [6.07, 6.45) is 6.94. The number of hydrogen-bond donors (Lipinski definition) is 3. The molecule has 1 saturated carbocycles. The SMILES string of the molecule is Cl.O=C(CCC1CCNCC1)NCCc1ccc(OCC(=O)NC2CC2)cc1. The van der Waals surface area contributed by atoms with Crippen molar-refractivity contribution in [3.63, 3.8) is 0 Å². The van der Waals surface area contributed by atoms with E-state index >= 15 is 0 Å². The molecule has 0 spiro atoms. The maximum Gasteiger partial charge on any atom is 0.258 e. The average molecular weight is 410 g/mol. The maximum absolute atomic E-state index is 12.0. The highest BCUT2D eigenvalue weighted by Crippen LogP contribution is 2.19. The van der Waals surface area contributed by atoms with Gasteiger partial charge in [0.15, 0.2) is 6.61 Å². The van der Waals surface area contributed by atoms with Crippen LogP contribution in [0.15, 0.2) is 24.3 Å². The molecule has 2 amide bonds. The molecule has 2 aliphatic rings. The minimum atomic E-state index is -0.0613. The first-order chi connectivity index (χ1) is 13.2. The summed E-state index contributed by atoms with van der Waals surface area (Å²) >= 11 is 0. The summed E-state index contributed by atoms with van der Waals surface area (Å²) in [5.41, 5.74) is 1.14. The number of ether oxygens (including phenoxy) is 1. The van der Waals surface area contributed by atoms with Crippen molar-refractivity contribution in [2.45, 2.75) is 51.0 Å². The van der Waals surface area contributed by atoms with E-state index in [1.54, 1.807) is 0 Å². The van der Waals surface area contributed by atoms with Gasteiger partial charge in [-0.25, -0.2) is 0 Å². The standard InChI is InChI=1S/C21H31N3O3.ClH/c25-20(8-3-17-9-12-22-13-10-17)23-14-11-16-1-6-19(7-2-16)27-15-21(26)24-18-4-5-18;/h1-2,6-7,17-18,22H,3-5,8-15H2,(H,23,25)(H,24,26);1H. The number of amides is 2. The molecule has 6 nitrogen and oxygen atoms in total. The maximum atomic E-state index is 12.0. The average Bonchev–Trinajstić information content (AvgIpc) is 3.50. The number of carbonyl (C=O) groups excluding carboxylic acids is 2. The second kappa shape index (κ2) is 11.9. The number of piperidine rings is 1. The summed E-state index contributed by atoms with van der Waals surface area (Å²) in [5.74, 6) is 1.47. The van der Waals surface area contributed by atoms with Crippen molar-refractivity contribution in [3.05, 3.63) is 29.8 Å². The fourth-order valence-electron chi connectivity index (χ4n) is 3.34. The molecule has 2 fully saturated rings. The van der Waals surface area contributed by atoms with E-state index < -0.39 is 0 Å². The lowest BCUT2D eigenvalue weighted by Crippen LogP contribution is -2.30. The van der Waals surface area contributed by atoms with E-state index in [9.17, 15) is 9.59 Å². The lowest BCUT2D eigenvalue weighted by Gasteiger charge is -2.22. The van der Waals surface area contributed by atoms with Crippen LogP contribution < -0.4 is 20.7 Å². The summed E-state index contributed by atoms with van der Waals surface area (Å²) in [4.78, 5) is 23.6. The molecule has 3 rings (SSSR count). The summed E-state index contributed by atoms with van der Waals surface area (Å²) in [6, 6.07) is 8.07. The number of rotatable bonds is 10. The van der Waals surface area contributed by atoms with Gasteiger partial charge in [0.1, 0.15) is 5.75 Å². The molecular formula is C21H32ClN3O3. The summed E-state index contributed by atoms with van der Waals surface area (Å²) < 4.78 is 5.50. The minimum Gasteiger partial charge on any atom is -0.484 e. The highest BCUT2D eigenvalue weighted by molar-refractivity contribution is 5.85. The van der Waals surface area contributed by atoms with E-state index in [0.717, 1.165) is 44.3 Å². The third-order valence-electron chi connectivity index (χ3n) is 5.21. The number of hydrogen-bond acceptors (Lipinski definition) is 4. The predicted molar refractivity (Wildman–Crippen MR) is 112 cm³/mol. The molecule has 0 atom stereocenters. The monoisotopic (exact) mass is 409 g/mol. The minimum absolute atomic E-state index is 0. The first-order valence-electron chi connectivity index (χ1n) is 10.2. The molecule has 3 N–H and O–H groups in total. The van der Waals surface area contributed by atoms with Crippen molar-refractivity contribution in [2.75, 3.05) is 26.2 Å². The highest BCUT2D eigenvalue weighted by Gasteiger charge is 2.23. The Balaban J connectivity index is 0.00000280. The molecule has 0 unspecified atom stereocenters. The van der Waals surface area contributed by atoms with E-state index in [0.29, 0.717) is 30.7 Å². The molecule has 1 aliphatic heterocycles. The van der Waals surface area contributed by atoms with Crippen LogP contribution in [0.1, 0.15) is 44.1 Å². The zero-order valence-electron chi connectivity index (χ0n) is 16.4. The fraction of sp³-hybridized carbons (Fsp3) is 0.619. The van der Waals surface area contributed by atoms with Gasteiger partial charge in [-0.05, 0) is 75.2 Å². The van der Waals surface area contributed by atoms with Crippen LogP contribution in [-0.4, -0.2) is 44.1 Å². The number of carbonyl (C=O) groups is 2. The van der Waals surface area contributed by atoms with Gasteiger partial charge in [0.25, 0.3) is 5.91 Å². The lowest BCUT2D eigenvalue weighted by atomic mass is 9.93. The molecule has 156 valence electrons. The van der Waals surface area contributed by atoms with Crippen LogP contribution in [0, 0.1) is 5.92 Å². The van der Waals surface area contributed by atoms with Gasteiger partial charge in [0.2, 0.25) is 5.91 Å². The molecule has 1 saturated heterocycles. The summed E-state index contributed by atoms with van der Waals surface area (Å²) in [6.45, 7) is 2.87. The second-order valence-electron chi connectivity index (χ2n) is 7.61. The van der Waals surface area contributed by atoms with Gasteiger partial charge in [-0.15, -0.1) is 12.4 Å². The van der Waals surface area contributed by atoms with Crippen molar-refractivity contribution >= 4 is 24.2 Å². The van der Waals surface area contributed by atoms with Gasteiger partial charge >= 0.3 is 0 Å². The Hall–Kier alpha value is -1.79. The summed E-state index contributed by atoms with van der Waals surface area (Å²) in [7, 11) is 0. The molecular weight excluding hydrogens is 378 g/mol. The third kappa shape index (κ3) is 8.48. The number of nitrogens with one attached hydrogen (secondary N) is 3. The molecule has 1 aromatic rings. The zero-order valence-corrected chi connectivity index (χ0v) is 17.2. The normalized spacial score (nSPS) is 16.7. The van der Waals surface area contributed by atoms with Gasteiger partial charge in [-0.2, -0.15) is 0 Å². The van der Waals surface area contributed by atoms with E-state index in [-0.39, 0.29) is 30.8 Å². The molecule has 28 heavy (non-hydrogen) atoms. The quantitative estimate of drug-likeness (QED) is 0.553. The van der Waals surface area contributed by atoms with Crippen molar-refractivity contribution in [3.8, 4) is 5.75 Å². The number of benzene rings is 1. The van der Waals surface area contributed by atoms with Crippen LogP contribution in [0.2, 0.25) is 0 Å². The van der Waals surface area contributed by atoms with Crippen molar-refractivity contribution < 1.29 is 14.3 Å². The number of halogens is 1. The Labute approximate surface area is 173 Å². The summed E-state index contributed by atoms with van der Waals surface area (Å²) in [5, 5.41) is 9.26. The molecule has 1 aliphatic carbocycles. The Morgan fingerprint density at radius 1 is 1.04 bits per heavy atom. The van der Waals surface area contributed by atoms with E-state index in [1.165, 1.54) is 12.8 Å². The van der Waals surface area contributed by atoms with Crippen LogP contribution in [0.5, 0.6) is 5.75 Å². The smallest absolute Gasteiger partial charge is 0.258 e. The Morgan fingerprint density at radius 3 is 2.43 bits per heavy atom. The van der Waals surface area contributed by atoms with Gasteiger partial charge in [-0.1, -0.05) is 12.1 Å². The van der Waals surface area contributed by atoms with Gasteiger partial charge in [-0.3, -0.25) is 9.59 Å². The zero-order chi connectivity index (χ0) is 18.9. The molecule has 1 heterocycles. The third-order valence-corrected chi connectivity index (χ3v) is 5.21. The van der Waals surface area contributed by atoms with E-state index in [2.05, 4.69) is 16.0 Å². The second-order valence-corrected chi connectivity index (χ2v) is 7.61. The van der Waals surface area contributed by atoms with E-state index in [4.69, 9.17) is 4.74 Å². The molecule has 7 heteroatoms. The molecule has 1 aromatic carbocycles. The Kier molecular flexibility index (Phi) is 9.58. The highest BCUT2D eigenvalue weighted by atomic mass is 35.5. The van der Waals surface area contributed by atoms with Crippen molar-refractivity contribution in [2.24, 2.45) is 5.92 Å². The first kappa shape index (κ1) is 22.5. The van der Waals surface area contributed by atoms with Crippen LogP contribution in [-0.2, 0) is 16.0 Å². The molecule has 0 bridgehead atoms. The van der Waals surface area contributed by atoms with Gasteiger partial charge < -0.3 is 20.7 Å². The van der Waals surface area contributed by atoms with Crippen LogP contribution >= 0.6 is 12.4 Å². The Morgan fingerprint density at radius 2 is 1.75 bits per heavy atom. The predicted octanol–water partition coefficient (Wildman–Crippen LogP) is 2.20. The topological polar surface area (TPSA) is 79.5 Å².